The van der Waals surface area contributed by atoms with Gasteiger partial charge in [-0.15, -0.1) is 0 Å². The molecule has 0 aliphatic carbocycles. The molecule has 0 saturated carbocycles. The van der Waals surface area contributed by atoms with Gasteiger partial charge in [-0.25, -0.2) is 4.79 Å². The van der Waals surface area contributed by atoms with Gasteiger partial charge in [-0.2, -0.15) is 0 Å². The van der Waals surface area contributed by atoms with E-state index in [1.807, 2.05) is 30.3 Å². The van der Waals surface area contributed by atoms with Crippen molar-refractivity contribution >= 4 is 12.0 Å². The van der Waals surface area contributed by atoms with Crippen LogP contribution in [0.2, 0.25) is 0 Å². The van der Waals surface area contributed by atoms with Crippen LogP contribution in [0, 0.1) is 0 Å². The van der Waals surface area contributed by atoms with E-state index in [1.165, 1.54) is 13.2 Å². The number of carbonyl (C=O) groups excluding carboxylic acids is 1. The smallest absolute Gasteiger partial charge is 0.330 e. The fraction of sp³-hybridized carbons (Fsp3) is 0.154. The van der Waals surface area contributed by atoms with Crippen LogP contribution in [-0.2, 0) is 9.53 Å². The third-order valence-electron chi connectivity index (χ3n) is 1.93. The minimum absolute atomic E-state index is 0.365. The molecule has 0 heterocycles. The molecule has 1 aromatic rings. The van der Waals surface area contributed by atoms with Gasteiger partial charge in [-0.05, 0) is 17.7 Å². The maximum absolute atomic E-state index is 10.8. The normalized spacial score (nSPS) is 10.9. The molecule has 0 amide bonds. The Morgan fingerprint density at radius 2 is 2.06 bits per heavy atom. The van der Waals surface area contributed by atoms with Crippen LogP contribution in [0.3, 0.4) is 0 Å². The summed E-state index contributed by atoms with van der Waals surface area (Å²) in [7, 11) is 2.97. The molecule has 1 rings (SSSR count). The van der Waals surface area contributed by atoms with Crippen molar-refractivity contribution in [1.82, 2.24) is 0 Å². The van der Waals surface area contributed by atoms with Crippen LogP contribution in [0.4, 0.5) is 0 Å². The second-order valence-electron chi connectivity index (χ2n) is 3.02. The number of carbonyl (C=O) groups is 1. The summed E-state index contributed by atoms with van der Waals surface area (Å²) in [6, 6.07) is 7.64. The topological polar surface area (TPSA) is 35.5 Å². The zero-order valence-corrected chi connectivity index (χ0v) is 9.34. The fourth-order valence-electron chi connectivity index (χ4n) is 1.11. The highest BCUT2D eigenvalue weighted by molar-refractivity contribution is 5.82. The molecular formula is C13H14O3. The first-order valence-corrected chi connectivity index (χ1v) is 4.83. The molecule has 0 atom stereocenters. The second-order valence-corrected chi connectivity index (χ2v) is 3.02. The molecule has 3 nitrogen and oxygen atoms in total. The summed E-state index contributed by atoms with van der Waals surface area (Å²) in [6.45, 7) is 0. The lowest BCUT2D eigenvalue weighted by Crippen LogP contribution is -1.92. The molecule has 0 radical (unpaired) electrons. The van der Waals surface area contributed by atoms with Crippen molar-refractivity contribution in [2.24, 2.45) is 0 Å². The van der Waals surface area contributed by atoms with Crippen molar-refractivity contribution in [3.63, 3.8) is 0 Å². The van der Waals surface area contributed by atoms with Crippen LogP contribution in [0.15, 0.2) is 42.5 Å². The molecule has 0 fully saturated rings. The van der Waals surface area contributed by atoms with E-state index in [2.05, 4.69) is 4.74 Å². The second kappa shape index (κ2) is 6.45. The average molecular weight is 218 g/mol. The highest BCUT2D eigenvalue weighted by Crippen LogP contribution is 2.13. The van der Waals surface area contributed by atoms with Gasteiger partial charge in [0.25, 0.3) is 0 Å². The Labute approximate surface area is 95.0 Å². The minimum atomic E-state index is -0.365. The summed E-state index contributed by atoms with van der Waals surface area (Å²) in [5, 5.41) is 0. The van der Waals surface area contributed by atoms with Crippen LogP contribution in [0.25, 0.3) is 6.08 Å². The lowest BCUT2D eigenvalue weighted by atomic mass is 10.2. The number of benzene rings is 1. The molecule has 0 saturated heterocycles. The third kappa shape index (κ3) is 4.00. The van der Waals surface area contributed by atoms with Crippen molar-refractivity contribution in [1.29, 1.82) is 0 Å². The monoisotopic (exact) mass is 218 g/mol. The Hall–Kier alpha value is -2.03. The molecular weight excluding hydrogens is 204 g/mol. The number of hydrogen-bond donors (Lipinski definition) is 0. The minimum Gasteiger partial charge on any atom is -0.497 e. The van der Waals surface area contributed by atoms with Gasteiger partial charge in [0, 0.05) is 6.08 Å². The molecule has 0 aromatic heterocycles. The lowest BCUT2D eigenvalue weighted by Gasteiger charge is -1.99. The van der Waals surface area contributed by atoms with Gasteiger partial charge < -0.3 is 9.47 Å². The van der Waals surface area contributed by atoms with Crippen molar-refractivity contribution < 1.29 is 14.3 Å². The van der Waals surface area contributed by atoms with Gasteiger partial charge in [-0.1, -0.05) is 30.4 Å². The predicted octanol–water partition coefficient (Wildman–Crippen LogP) is 2.44. The van der Waals surface area contributed by atoms with E-state index in [9.17, 15) is 4.79 Å². The molecule has 0 aliphatic heterocycles. The van der Waals surface area contributed by atoms with Crippen molar-refractivity contribution in [3.05, 3.63) is 48.1 Å². The van der Waals surface area contributed by atoms with E-state index >= 15 is 0 Å². The number of hydrogen-bond acceptors (Lipinski definition) is 3. The maximum atomic E-state index is 10.8. The number of rotatable bonds is 4. The van der Waals surface area contributed by atoms with E-state index in [1.54, 1.807) is 19.3 Å². The number of allylic oxidation sites excluding steroid dienone is 2. The maximum Gasteiger partial charge on any atom is 0.330 e. The SMILES string of the molecule is COC(=O)C=CC=Cc1cccc(OC)c1. The molecule has 0 N–H and O–H groups in total. The van der Waals surface area contributed by atoms with Gasteiger partial charge >= 0.3 is 5.97 Å². The summed E-state index contributed by atoms with van der Waals surface area (Å²) < 4.78 is 9.55. The molecule has 0 unspecified atom stereocenters. The standard InChI is InChI=1S/C13H14O3/c1-15-12-8-5-7-11(10-12)6-3-4-9-13(14)16-2/h3-10H,1-2H3. The molecule has 1 aromatic carbocycles. The molecule has 0 spiro atoms. The first-order chi connectivity index (χ1) is 7.76. The van der Waals surface area contributed by atoms with E-state index in [-0.39, 0.29) is 5.97 Å². The number of esters is 1. The number of ether oxygens (including phenoxy) is 2. The largest absolute Gasteiger partial charge is 0.497 e. The molecule has 0 bridgehead atoms. The highest BCUT2D eigenvalue weighted by atomic mass is 16.5. The summed E-state index contributed by atoms with van der Waals surface area (Å²) in [6.07, 6.45) is 6.63. The van der Waals surface area contributed by atoms with Crippen molar-refractivity contribution in [3.8, 4) is 5.75 Å². The van der Waals surface area contributed by atoms with Crippen LogP contribution in [-0.4, -0.2) is 20.2 Å². The van der Waals surface area contributed by atoms with Crippen molar-refractivity contribution in [2.45, 2.75) is 0 Å². The van der Waals surface area contributed by atoms with E-state index in [0.717, 1.165) is 11.3 Å². The Balaban J connectivity index is 2.62. The Kier molecular flexibility index (Phi) is 4.86. The van der Waals surface area contributed by atoms with Gasteiger partial charge in [-0.3, -0.25) is 0 Å². The lowest BCUT2D eigenvalue weighted by molar-refractivity contribution is -0.134. The Morgan fingerprint density at radius 3 is 2.75 bits per heavy atom. The van der Waals surface area contributed by atoms with Crippen LogP contribution in [0.5, 0.6) is 5.75 Å². The van der Waals surface area contributed by atoms with Gasteiger partial charge in [0.05, 0.1) is 14.2 Å². The van der Waals surface area contributed by atoms with Gasteiger partial charge in [0.15, 0.2) is 0 Å². The zero-order chi connectivity index (χ0) is 11.8. The molecule has 0 aliphatic rings. The van der Waals surface area contributed by atoms with E-state index in [4.69, 9.17) is 4.74 Å². The summed E-state index contributed by atoms with van der Waals surface area (Å²) in [5.74, 6) is 0.439. The highest BCUT2D eigenvalue weighted by Gasteiger charge is 1.90. The number of methoxy groups -OCH3 is 2. The van der Waals surface area contributed by atoms with Crippen LogP contribution < -0.4 is 4.74 Å². The average Bonchev–Trinajstić information content (AvgIpc) is 2.34. The summed E-state index contributed by atoms with van der Waals surface area (Å²) in [5.41, 5.74) is 1.01. The third-order valence-corrected chi connectivity index (χ3v) is 1.93. The Morgan fingerprint density at radius 1 is 1.25 bits per heavy atom. The van der Waals surface area contributed by atoms with Gasteiger partial charge in [0.2, 0.25) is 0 Å². The Bertz CT molecular complexity index is 405. The van der Waals surface area contributed by atoms with Crippen LogP contribution in [0.1, 0.15) is 5.56 Å². The van der Waals surface area contributed by atoms with E-state index in [0.29, 0.717) is 0 Å². The van der Waals surface area contributed by atoms with Crippen molar-refractivity contribution in [2.75, 3.05) is 14.2 Å². The van der Waals surface area contributed by atoms with E-state index < -0.39 is 0 Å². The molecule has 3 heteroatoms. The zero-order valence-electron chi connectivity index (χ0n) is 9.34. The molecule has 16 heavy (non-hydrogen) atoms. The van der Waals surface area contributed by atoms with Gasteiger partial charge in [0.1, 0.15) is 5.75 Å². The molecule has 84 valence electrons. The first kappa shape index (κ1) is 12.0. The first-order valence-electron chi connectivity index (χ1n) is 4.83. The summed E-state index contributed by atoms with van der Waals surface area (Å²) in [4.78, 5) is 10.8. The predicted molar refractivity (Wildman–Crippen MR) is 63.2 cm³/mol. The van der Waals surface area contributed by atoms with Crippen LogP contribution >= 0.6 is 0 Å². The quantitative estimate of drug-likeness (QED) is 0.442. The summed E-state index contributed by atoms with van der Waals surface area (Å²) >= 11 is 0. The fourth-order valence-corrected chi connectivity index (χ4v) is 1.11.